The quantitative estimate of drug-likeness (QED) is 0.785. The van der Waals surface area contributed by atoms with E-state index in [9.17, 15) is 4.79 Å². The summed E-state index contributed by atoms with van der Waals surface area (Å²) < 4.78 is 5.72. The van der Waals surface area contributed by atoms with Gasteiger partial charge in [0.1, 0.15) is 11.5 Å². The molecule has 5 heteroatoms. The van der Waals surface area contributed by atoms with Crippen LogP contribution in [0.2, 0.25) is 0 Å². The van der Waals surface area contributed by atoms with E-state index in [-0.39, 0.29) is 11.9 Å². The van der Waals surface area contributed by atoms with Gasteiger partial charge in [-0.1, -0.05) is 25.8 Å². The molecule has 0 bridgehead atoms. The fraction of sp³-hybridized carbons (Fsp3) is 0.333. The van der Waals surface area contributed by atoms with Crippen LogP contribution in [0.1, 0.15) is 36.5 Å². The summed E-state index contributed by atoms with van der Waals surface area (Å²) in [7, 11) is 0. The van der Waals surface area contributed by atoms with Gasteiger partial charge in [0.2, 0.25) is 0 Å². The van der Waals surface area contributed by atoms with Crippen LogP contribution in [0.5, 0.6) is 11.5 Å². The summed E-state index contributed by atoms with van der Waals surface area (Å²) >= 11 is 0. The minimum absolute atomic E-state index is 0.00669. The standard InChI is InChI=1S/C18H23N3O2/c1-2-3-6-15(13-19)21-18(22)14-5-4-7-17(12-14)23-16-8-10-20-11-9-16/h4-5,7-12,15H,2-3,6,13,19H2,1H3,(H,21,22). The molecule has 23 heavy (non-hydrogen) atoms. The Morgan fingerprint density at radius 3 is 2.74 bits per heavy atom. The Balaban J connectivity index is 2.02. The molecule has 5 nitrogen and oxygen atoms in total. The van der Waals surface area contributed by atoms with E-state index in [1.165, 1.54) is 0 Å². The highest BCUT2D eigenvalue weighted by atomic mass is 16.5. The van der Waals surface area contributed by atoms with Crippen LogP contribution in [0, 0.1) is 0 Å². The minimum Gasteiger partial charge on any atom is -0.457 e. The molecule has 0 aliphatic carbocycles. The van der Waals surface area contributed by atoms with Crippen molar-refractivity contribution in [2.45, 2.75) is 32.2 Å². The average Bonchev–Trinajstić information content (AvgIpc) is 2.59. The fourth-order valence-electron chi connectivity index (χ4n) is 2.21. The molecule has 0 saturated heterocycles. The number of rotatable bonds is 8. The van der Waals surface area contributed by atoms with Gasteiger partial charge in [-0.15, -0.1) is 0 Å². The molecule has 0 fully saturated rings. The summed E-state index contributed by atoms with van der Waals surface area (Å²) in [5.41, 5.74) is 6.29. The number of aromatic nitrogens is 1. The third-order valence-corrected chi connectivity index (χ3v) is 3.51. The van der Waals surface area contributed by atoms with E-state index in [4.69, 9.17) is 10.5 Å². The number of nitrogens with one attached hydrogen (secondary N) is 1. The SMILES string of the molecule is CCCCC(CN)NC(=O)c1cccc(Oc2ccncc2)c1. The van der Waals surface area contributed by atoms with Crippen molar-refractivity contribution in [3.63, 3.8) is 0 Å². The van der Waals surface area contributed by atoms with Crippen LogP contribution >= 0.6 is 0 Å². The number of benzene rings is 1. The number of pyridine rings is 1. The number of hydrogen-bond acceptors (Lipinski definition) is 4. The first kappa shape index (κ1) is 17.0. The lowest BCUT2D eigenvalue weighted by Crippen LogP contribution is -2.40. The van der Waals surface area contributed by atoms with Crippen LogP contribution in [-0.2, 0) is 0 Å². The van der Waals surface area contributed by atoms with E-state index in [0.717, 1.165) is 19.3 Å². The Morgan fingerprint density at radius 2 is 2.04 bits per heavy atom. The summed E-state index contributed by atoms with van der Waals surface area (Å²) in [4.78, 5) is 16.3. The largest absolute Gasteiger partial charge is 0.457 e. The summed E-state index contributed by atoms with van der Waals surface area (Å²) in [6.07, 6.45) is 6.35. The van der Waals surface area contributed by atoms with E-state index in [1.807, 2.05) is 6.07 Å². The highest BCUT2D eigenvalue weighted by Crippen LogP contribution is 2.21. The molecule has 1 amide bonds. The number of carbonyl (C=O) groups excluding carboxylic acids is 1. The van der Waals surface area contributed by atoms with E-state index in [0.29, 0.717) is 23.6 Å². The molecule has 1 atom stereocenters. The Labute approximate surface area is 136 Å². The van der Waals surface area contributed by atoms with Gasteiger partial charge in [-0.05, 0) is 36.8 Å². The Bertz CT molecular complexity index is 617. The van der Waals surface area contributed by atoms with Crippen molar-refractivity contribution in [2.24, 2.45) is 5.73 Å². The van der Waals surface area contributed by atoms with Gasteiger partial charge in [0.25, 0.3) is 5.91 Å². The van der Waals surface area contributed by atoms with Crippen molar-refractivity contribution in [3.8, 4) is 11.5 Å². The number of amides is 1. The van der Waals surface area contributed by atoms with Gasteiger partial charge in [-0.3, -0.25) is 9.78 Å². The topological polar surface area (TPSA) is 77.2 Å². The fourth-order valence-corrected chi connectivity index (χ4v) is 2.21. The minimum atomic E-state index is -0.128. The molecule has 2 aromatic rings. The average molecular weight is 313 g/mol. The highest BCUT2D eigenvalue weighted by molar-refractivity contribution is 5.94. The van der Waals surface area contributed by atoms with Crippen molar-refractivity contribution in [1.29, 1.82) is 0 Å². The summed E-state index contributed by atoms with van der Waals surface area (Å²) in [5, 5.41) is 2.98. The zero-order valence-electron chi connectivity index (χ0n) is 13.4. The highest BCUT2D eigenvalue weighted by Gasteiger charge is 2.12. The molecule has 1 unspecified atom stereocenters. The molecule has 3 N–H and O–H groups in total. The number of nitrogens with zero attached hydrogens (tertiary/aromatic N) is 1. The molecular weight excluding hydrogens is 290 g/mol. The molecule has 0 aliphatic rings. The molecule has 1 aromatic heterocycles. The lowest BCUT2D eigenvalue weighted by atomic mass is 10.1. The molecule has 0 saturated carbocycles. The molecule has 2 rings (SSSR count). The predicted molar refractivity (Wildman–Crippen MR) is 90.6 cm³/mol. The van der Waals surface area contributed by atoms with Gasteiger partial charge < -0.3 is 15.8 Å². The lowest BCUT2D eigenvalue weighted by molar-refractivity contribution is 0.0935. The maximum atomic E-state index is 12.3. The van der Waals surface area contributed by atoms with Crippen LogP contribution < -0.4 is 15.8 Å². The van der Waals surface area contributed by atoms with Crippen LogP contribution in [0.25, 0.3) is 0 Å². The number of carbonyl (C=O) groups is 1. The van der Waals surface area contributed by atoms with Crippen LogP contribution in [0.15, 0.2) is 48.8 Å². The Morgan fingerprint density at radius 1 is 1.26 bits per heavy atom. The van der Waals surface area contributed by atoms with Gasteiger partial charge in [0.05, 0.1) is 0 Å². The number of nitrogens with two attached hydrogens (primary N) is 1. The summed E-state index contributed by atoms with van der Waals surface area (Å²) in [6, 6.07) is 10.6. The van der Waals surface area contributed by atoms with Crippen molar-refractivity contribution < 1.29 is 9.53 Å². The molecule has 122 valence electrons. The van der Waals surface area contributed by atoms with Crippen molar-refractivity contribution >= 4 is 5.91 Å². The molecule has 1 aromatic carbocycles. The second kappa shape index (κ2) is 8.90. The molecule has 0 aliphatic heterocycles. The second-order valence-electron chi connectivity index (χ2n) is 5.36. The molecular formula is C18H23N3O2. The zero-order valence-corrected chi connectivity index (χ0v) is 13.4. The normalized spacial score (nSPS) is 11.7. The van der Waals surface area contributed by atoms with Gasteiger partial charge in [0.15, 0.2) is 0 Å². The number of ether oxygens (including phenoxy) is 1. The monoisotopic (exact) mass is 313 g/mol. The first-order valence-corrected chi connectivity index (χ1v) is 7.91. The second-order valence-corrected chi connectivity index (χ2v) is 5.36. The van der Waals surface area contributed by atoms with Gasteiger partial charge in [-0.25, -0.2) is 0 Å². The van der Waals surface area contributed by atoms with Crippen LogP contribution in [-0.4, -0.2) is 23.5 Å². The van der Waals surface area contributed by atoms with Crippen LogP contribution in [0.3, 0.4) is 0 Å². The summed E-state index contributed by atoms with van der Waals surface area (Å²) in [6.45, 7) is 2.56. The molecule has 1 heterocycles. The van der Waals surface area contributed by atoms with Crippen molar-refractivity contribution in [3.05, 3.63) is 54.4 Å². The smallest absolute Gasteiger partial charge is 0.251 e. The third kappa shape index (κ3) is 5.38. The van der Waals surface area contributed by atoms with E-state index in [1.54, 1.807) is 42.7 Å². The molecule has 0 spiro atoms. The number of hydrogen-bond donors (Lipinski definition) is 2. The van der Waals surface area contributed by atoms with Crippen LogP contribution in [0.4, 0.5) is 0 Å². The summed E-state index contributed by atoms with van der Waals surface area (Å²) in [5.74, 6) is 1.17. The Hall–Kier alpha value is -2.40. The van der Waals surface area contributed by atoms with Gasteiger partial charge in [-0.2, -0.15) is 0 Å². The van der Waals surface area contributed by atoms with Gasteiger partial charge >= 0.3 is 0 Å². The first-order chi connectivity index (χ1) is 11.2. The maximum absolute atomic E-state index is 12.3. The first-order valence-electron chi connectivity index (χ1n) is 7.91. The Kier molecular flexibility index (Phi) is 6.56. The zero-order chi connectivity index (χ0) is 16.5. The van der Waals surface area contributed by atoms with E-state index >= 15 is 0 Å². The van der Waals surface area contributed by atoms with Crippen molar-refractivity contribution in [2.75, 3.05) is 6.54 Å². The predicted octanol–water partition coefficient (Wildman–Crippen LogP) is 3.12. The van der Waals surface area contributed by atoms with Gasteiger partial charge in [0, 0.05) is 30.5 Å². The van der Waals surface area contributed by atoms with E-state index < -0.39 is 0 Å². The maximum Gasteiger partial charge on any atom is 0.251 e. The van der Waals surface area contributed by atoms with E-state index in [2.05, 4.69) is 17.2 Å². The number of unbranched alkanes of at least 4 members (excludes halogenated alkanes) is 1. The van der Waals surface area contributed by atoms with Crippen molar-refractivity contribution in [1.82, 2.24) is 10.3 Å². The third-order valence-electron chi connectivity index (χ3n) is 3.51. The molecule has 0 radical (unpaired) electrons. The lowest BCUT2D eigenvalue weighted by Gasteiger charge is -2.16.